The van der Waals surface area contributed by atoms with E-state index < -0.39 is 6.04 Å². The van der Waals surface area contributed by atoms with E-state index in [-0.39, 0.29) is 17.7 Å². The third kappa shape index (κ3) is 4.36. The number of carbonyl (C=O) groups is 2. The van der Waals surface area contributed by atoms with Gasteiger partial charge in [0.2, 0.25) is 5.91 Å². The first-order chi connectivity index (χ1) is 12.3. The molecule has 2 aromatic rings. The molecule has 0 saturated heterocycles. The van der Waals surface area contributed by atoms with Crippen LogP contribution < -0.4 is 10.6 Å². The van der Waals surface area contributed by atoms with E-state index in [9.17, 15) is 9.59 Å². The Morgan fingerprint density at radius 3 is 2.42 bits per heavy atom. The van der Waals surface area contributed by atoms with Gasteiger partial charge in [-0.2, -0.15) is 0 Å². The summed E-state index contributed by atoms with van der Waals surface area (Å²) in [4.78, 5) is 35.1. The fourth-order valence-corrected chi connectivity index (χ4v) is 2.56. The lowest BCUT2D eigenvalue weighted by molar-refractivity contribution is -0.131. The second kappa shape index (κ2) is 8.42. The third-order valence-electron chi connectivity index (χ3n) is 3.99. The highest BCUT2D eigenvalue weighted by atomic mass is 16.2. The topological polar surface area (TPSA) is 87.2 Å². The lowest BCUT2D eigenvalue weighted by atomic mass is 10.0. The minimum absolute atomic E-state index is 0.0204. The SMILES string of the molecule is CNc1nccnc1-c1cccc(C(=O)NC(C(=O)N(C)C)C(C)C)c1. The molecule has 0 spiro atoms. The van der Waals surface area contributed by atoms with Gasteiger partial charge in [-0.25, -0.2) is 4.98 Å². The summed E-state index contributed by atoms with van der Waals surface area (Å²) < 4.78 is 0. The molecule has 0 aliphatic heterocycles. The zero-order valence-electron chi connectivity index (χ0n) is 15.8. The Balaban J connectivity index is 2.29. The number of hydrogen-bond donors (Lipinski definition) is 2. The monoisotopic (exact) mass is 355 g/mol. The number of aromatic nitrogens is 2. The molecule has 26 heavy (non-hydrogen) atoms. The standard InChI is InChI=1S/C19H25N5O2/c1-12(2)15(19(26)24(4)5)23-18(25)14-8-6-7-13(11-14)16-17(20-3)22-10-9-21-16/h6-12,15H,1-5H3,(H,20,22)(H,23,25). The van der Waals surface area contributed by atoms with Crippen molar-refractivity contribution in [2.24, 2.45) is 5.92 Å². The molecule has 1 aromatic heterocycles. The number of amides is 2. The molecule has 1 aromatic carbocycles. The van der Waals surface area contributed by atoms with Gasteiger partial charge in [-0.05, 0) is 18.1 Å². The molecular formula is C19H25N5O2. The average molecular weight is 355 g/mol. The van der Waals surface area contributed by atoms with Gasteiger partial charge in [0.25, 0.3) is 5.91 Å². The molecule has 0 bridgehead atoms. The van der Waals surface area contributed by atoms with Gasteiger partial charge in [0, 0.05) is 44.7 Å². The van der Waals surface area contributed by atoms with Crippen molar-refractivity contribution in [2.75, 3.05) is 26.5 Å². The number of hydrogen-bond acceptors (Lipinski definition) is 5. The summed E-state index contributed by atoms with van der Waals surface area (Å²) >= 11 is 0. The predicted molar refractivity (Wildman–Crippen MR) is 102 cm³/mol. The molecule has 0 fully saturated rings. The van der Waals surface area contributed by atoms with Crippen LogP contribution in [-0.2, 0) is 4.79 Å². The van der Waals surface area contributed by atoms with Crippen molar-refractivity contribution in [3.8, 4) is 11.3 Å². The summed E-state index contributed by atoms with van der Waals surface area (Å²) in [6.45, 7) is 3.81. The number of likely N-dealkylation sites (N-methyl/N-ethyl adjacent to an activating group) is 1. The maximum atomic E-state index is 12.7. The van der Waals surface area contributed by atoms with Crippen molar-refractivity contribution in [2.45, 2.75) is 19.9 Å². The summed E-state index contributed by atoms with van der Waals surface area (Å²) in [5.74, 6) is 0.187. The molecular weight excluding hydrogens is 330 g/mol. The molecule has 7 nitrogen and oxygen atoms in total. The van der Waals surface area contributed by atoms with Crippen molar-refractivity contribution >= 4 is 17.6 Å². The highest BCUT2D eigenvalue weighted by Crippen LogP contribution is 2.24. The van der Waals surface area contributed by atoms with Crippen LogP contribution in [0.4, 0.5) is 5.82 Å². The number of nitrogens with one attached hydrogen (secondary N) is 2. The van der Waals surface area contributed by atoms with Gasteiger partial charge in [-0.3, -0.25) is 14.6 Å². The fraction of sp³-hybridized carbons (Fsp3) is 0.368. The first-order valence-corrected chi connectivity index (χ1v) is 8.46. The highest BCUT2D eigenvalue weighted by molar-refractivity contribution is 5.98. The van der Waals surface area contributed by atoms with E-state index in [0.717, 1.165) is 5.56 Å². The summed E-state index contributed by atoms with van der Waals surface area (Å²) in [5.41, 5.74) is 1.90. The molecule has 0 saturated carbocycles. The number of nitrogens with zero attached hydrogens (tertiary/aromatic N) is 3. The van der Waals surface area contributed by atoms with E-state index in [1.54, 1.807) is 51.7 Å². The highest BCUT2D eigenvalue weighted by Gasteiger charge is 2.26. The molecule has 2 amide bonds. The van der Waals surface area contributed by atoms with E-state index in [4.69, 9.17) is 0 Å². The van der Waals surface area contributed by atoms with Crippen LogP contribution in [0.2, 0.25) is 0 Å². The smallest absolute Gasteiger partial charge is 0.251 e. The van der Waals surface area contributed by atoms with Gasteiger partial charge in [-0.15, -0.1) is 0 Å². The Kier molecular flexibility index (Phi) is 6.27. The summed E-state index contributed by atoms with van der Waals surface area (Å²) in [7, 11) is 5.12. The first kappa shape index (κ1) is 19.4. The van der Waals surface area contributed by atoms with Crippen LogP contribution in [0.25, 0.3) is 11.3 Å². The second-order valence-corrected chi connectivity index (χ2v) is 6.51. The Bertz CT molecular complexity index is 789. The molecule has 0 radical (unpaired) electrons. The maximum Gasteiger partial charge on any atom is 0.251 e. The largest absolute Gasteiger partial charge is 0.371 e. The van der Waals surface area contributed by atoms with Crippen molar-refractivity contribution in [3.63, 3.8) is 0 Å². The number of rotatable bonds is 6. The molecule has 7 heteroatoms. The van der Waals surface area contributed by atoms with E-state index >= 15 is 0 Å². The van der Waals surface area contributed by atoms with Crippen LogP contribution >= 0.6 is 0 Å². The molecule has 138 valence electrons. The average Bonchev–Trinajstić information content (AvgIpc) is 2.65. The van der Waals surface area contributed by atoms with Gasteiger partial charge in [0.05, 0.1) is 0 Å². The van der Waals surface area contributed by atoms with Crippen LogP contribution in [-0.4, -0.2) is 53.9 Å². The van der Waals surface area contributed by atoms with Crippen molar-refractivity contribution < 1.29 is 9.59 Å². The summed E-state index contributed by atoms with van der Waals surface area (Å²) in [6.07, 6.45) is 3.21. The Morgan fingerprint density at radius 1 is 1.12 bits per heavy atom. The molecule has 2 N–H and O–H groups in total. The maximum absolute atomic E-state index is 12.7. The Labute approximate surface area is 153 Å². The Hall–Kier alpha value is -2.96. The number of carbonyl (C=O) groups excluding carboxylic acids is 2. The van der Waals surface area contributed by atoms with Crippen LogP contribution in [0.3, 0.4) is 0 Å². The van der Waals surface area contributed by atoms with Crippen LogP contribution in [0.15, 0.2) is 36.7 Å². The van der Waals surface area contributed by atoms with Gasteiger partial charge < -0.3 is 15.5 Å². The fourth-order valence-electron chi connectivity index (χ4n) is 2.56. The second-order valence-electron chi connectivity index (χ2n) is 6.51. The Morgan fingerprint density at radius 2 is 1.81 bits per heavy atom. The third-order valence-corrected chi connectivity index (χ3v) is 3.99. The molecule has 0 aliphatic carbocycles. The van der Waals surface area contributed by atoms with Gasteiger partial charge in [-0.1, -0.05) is 26.0 Å². The van der Waals surface area contributed by atoms with Crippen LogP contribution in [0.1, 0.15) is 24.2 Å². The van der Waals surface area contributed by atoms with Gasteiger partial charge >= 0.3 is 0 Å². The van der Waals surface area contributed by atoms with E-state index in [2.05, 4.69) is 20.6 Å². The quantitative estimate of drug-likeness (QED) is 0.828. The lowest BCUT2D eigenvalue weighted by Gasteiger charge is -2.24. The van der Waals surface area contributed by atoms with E-state index in [0.29, 0.717) is 17.1 Å². The lowest BCUT2D eigenvalue weighted by Crippen LogP contribution is -2.49. The normalized spacial score (nSPS) is 11.8. The zero-order valence-corrected chi connectivity index (χ0v) is 15.8. The first-order valence-electron chi connectivity index (χ1n) is 8.46. The van der Waals surface area contributed by atoms with Crippen molar-refractivity contribution in [3.05, 3.63) is 42.2 Å². The van der Waals surface area contributed by atoms with Gasteiger partial charge in [0.15, 0.2) is 5.82 Å². The van der Waals surface area contributed by atoms with Crippen LogP contribution in [0, 0.1) is 5.92 Å². The zero-order chi connectivity index (χ0) is 19.3. The molecule has 1 atom stereocenters. The van der Waals surface area contributed by atoms with Crippen molar-refractivity contribution in [1.29, 1.82) is 0 Å². The van der Waals surface area contributed by atoms with E-state index in [1.807, 2.05) is 19.9 Å². The predicted octanol–water partition coefficient (Wildman–Crippen LogP) is 2.03. The van der Waals surface area contributed by atoms with Gasteiger partial charge in [0.1, 0.15) is 11.7 Å². The molecule has 2 rings (SSSR count). The number of anilines is 1. The van der Waals surface area contributed by atoms with Crippen LogP contribution in [0.5, 0.6) is 0 Å². The summed E-state index contributed by atoms with van der Waals surface area (Å²) in [5, 5.41) is 5.83. The van der Waals surface area contributed by atoms with E-state index in [1.165, 1.54) is 4.90 Å². The molecule has 1 unspecified atom stereocenters. The van der Waals surface area contributed by atoms with Crippen molar-refractivity contribution in [1.82, 2.24) is 20.2 Å². The minimum Gasteiger partial charge on any atom is -0.371 e. The minimum atomic E-state index is -0.578. The summed E-state index contributed by atoms with van der Waals surface area (Å²) in [6, 6.07) is 6.54. The molecule has 0 aliphatic rings. The molecule has 1 heterocycles. The number of benzene rings is 1.